The number of piperazine rings is 1. The Kier molecular flexibility index (Phi) is 7.57. The van der Waals surface area contributed by atoms with Crippen molar-refractivity contribution in [1.29, 1.82) is 0 Å². The van der Waals surface area contributed by atoms with Crippen LogP contribution >= 0.6 is 0 Å². The van der Waals surface area contributed by atoms with Crippen LogP contribution in [0.3, 0.4) is 0 Å². The van der Waals surface area contributed by atoms with Crippen LogP contribution in [0.15, 0.2) is 66.1 Å². The van der Waals surface area contributed by atoms with Crippen molar-refractivity contribution >= 4 is 22.0 Å². The Morgan fingerprint density at radius 3 is 2.28 bits per heavy atom. The van der Waals surface area contributed by atoms with Gasteiger partial charge in [-0.1, -0.05) is 60.7 Å². The van der Waals surface area contributed by atoms with Crippen molar-refractivity contribution in [3.05, 3.63) is 77.2 Å². The van der Waals surface area contributed by atoms with Crippen LogP contribution in [0.5, 0.6) is 0 Å². The van der Waals surface area contributed by atoms with E-state index in [1.807, 2.05) is 60.7 Å². The number of hydrogen-bond donors (Lipinski definition) is 2. The van der Waals surface area contributed by atoms with E-state index in [0.29, 0.717) is 39.3 Å². The zero-order chi connectivity index (χ0) is 20.5. The molecule has 7 heteroatoms. The van der Waals surface area contributed by atoms with Crippen LogP contribution in [0.2, 0.25) is 0 Å². The molecule has 2 N–H and O–H groups in total. The summed E-state index contributed by atoms with van der Waals surface area (Å²) in [5, 5.41) is 4.22. The topological polar surface area (TPSA) is 70.9 Å². The number of carbonyl (C=O) groups excluding carboxylic acids is 1. The molecule has 1 heterocycles. The summed E-state index contributed by atoms with van der Waals surface area (Å²) in [5.41, 5.74) is 2.05. The molecular weight excluding hydrogens is 386 g/mol. The van der Waals surface area contributed by atoms with E-state index in [1.165, 1.54) is 15.3 Å². The summed E-state index contributed by atoms with van der Waals surface area (Å²) >= 11 is 0. The van der Waals surface area contributed by atoms with E-state index < -0.39 is 10.0 Å². The monoisotopic (exact) mass is 414 g/mol. The fourth-order valence-electron chi connectivity index (χ4n) is 3.33. The number of hydrogen-bond acceptors (Lipinski definition) is 3. The van der Waals surface area contributed by atoms with Crippen LogP contribution in [-0.4, -0.2) is 57.9 Å². The number of sulfonamides is 1. The molecular formula is C22H28N3O3S+. The van der Waals surface area contributed by atoms with Crippen LogP contribution in [-0.2, 0) is 21.2 Å². The number of benzene rings is 2. The molecule has 154 valence electrons. The standard InChI is InChI=1S/C22H27N3O3S/c26-22(23-13-11-20-7-3-1-4-8-20)19-24-14-16-25(17-15-24)29(27,28)18-12-21-9-5-2-6-10-21/h1-10,12,18H,11,13-17,19H2,(H,23,26)/p+1/b18-12+. The van der Waals surface area contributed by atoms with Crippen molar-refractivity contribution < 1.29 is 18.1 Å². The Bertz CT molecular complexity index is 907. The van der Waals surface area contributed by atoms with Crippen molar-refractivity contribution in [2.75, 3.05) is 39.3 Å². The second-order valence-electron chi connectivity index (χ2n) is 7.17. The lowest BCUT2D eigenvalue weighted by molar-refractivity contribution is -0.895. The molecule has 0 saturated carbocycles. The van der Waals surface area contributed by atoms with E-state index in [-0.39, 0.29) is 5.91 Å². The van der Waals surface area contributed by atoms with E-state index in [4.69, 9.17) is 0 Å². The normalized spacial score (nSPS) is 16.1. The lowest BCUT2D eigenvalue weighted by atomic mass is 10.1. The fraction of sp³-hybridized carbons (Fsp3) is 0.318. The predicted molar refractivity (Wildman–Crippen MR) is 115 cm³/mol. The molecule has 0 unspecified atom stereocenters. The first-order valence-electron chi connectivity index (χ1n) is 9.90. The van der Waals surface area contributed by atoms with Crippen molar-refractivity contribution in [2.24, 2.45) is 0 Å². The lowest BCUT2D eigenvalue weighted by Gasteiger charge is -2.30. The maximum atomic E-state index is 12.5. The third-order valence-electron chi connectivity index (χ3n) is 5.01. The van der Waals surface area contributed by atoms with E-state index in [0.717, 1.165) is 16.9 Å². The van der Waals surface area contributed by atoms with Gasteiger partial charge < -0.3 is 10.2 Å². The van der Waals surface area contributed by atoms with Gasteiger partial charge in [0.25, 0.3) is 5.91 Å². The van der Waals surface area contributed by atoms with Crippen molar-refractivity contribution in [1.82, 2.24) is 9.62 Å². The van der Waals surface area contributed by atoms with Crippen molar-refractivity contribution in [2.45, 2.75) is 6.42 Å². The molecule has 0 spiro atoms. The molecule has 29 heavy (non-hydrogen) atoms. The van der Waals surface area contributed by atoms with Gasteiger partial charge in [-0.25, -0.2) is 8.42 Å². The van der Waals surface area contributed by atoms with Crippen LogP contribution in [0.1, 0.15) is 11.1 Å². The largest absolute Gasteiger partial charge is 0.351 e. The zero-order valence-corrected chi connectivity index (χ0v) is 17.3. The van der Waals surface area contributed by atoms with Crippen molar-refractivity contribution in [3.8, 4) is 0 Å². The summed E-state index contributed by atoms with van der Waals surface area (Å²) in [4.78, 5) is 13.3. The number of carbonyl (C=O) groups is 1. The number of nitrogens with one attached hydrogen (secondary N) is 2. The molecule has 0 atom stereocenters. The summed E-state index contributed by atoms with van der Waals surface area (Å²) in [6, 6.07) is 19.4. The Labute approximate surface area is 172 Å². The summed E-state index contributed by atoms with van der Waals surface area (Å²) in [6.07, 6.45) is 2.43. The van der Waals surface area contributed by atoms with Crippen LogP contribution in [0.25, 0.3) is 6.08 Å². The lowest BCUT2D eigenvalue weighted by Crippen LogP contribution is -3.15. The van der Waals surface area contributed by atoms with Crippen LogP contribution in [0.4, 0.5) is 0 Å². The van der Waals surface area contributed by atoms with E-state index in [9.17, 15) is 13.2 Å². The Morgan fingerprint density at radius 2 is 1.62 bits per heavy atom. The van der Waals surface area contributed by atoms with Gasteiger partial charge in [0, 0.05) is 12.0 Å². The summed E-state index contributed by atoms with van der Waals surface area (Å²) in [5.74, 6) is 0.0104. The first kappa shape index (κ1) is 21.2. The molecule has 0 aliphatic carbocycles. The quantitative estimate of drug-likeness (QED) is 0.663. The first-order valence-corrected chi connectivity index (χ1v) is 11.4. The minimum absolute atomic E-state index is 0.0104. The fourth-order valence-corrected chi connectivity index (χ4v) is 4.52. The Hall–Kier alpha value is -2.48. The number of quaternary nitrogens is 1. The molecule has 3 rings (SSSR count). The molecule has 6 nitrogen and oxygen atoms in total. The van der Waals surface area contributed by atoms with Crippen LogP contribution < -0.4 is 10.2 Å². The number of rotatable bonds is 8. The van der Waals surface area contributed by atoms with Gasteiger partial charge in [0.15, 0.2) is 6.54 Å². The third-order valence-corrected chi connectivity index (χ3v) is 6.58. The van der Waals surface area contributed by atoms with Gasteiger partial charge >= 0.3 is 0 Å². The molecule has 2 aromatic rings. The van der Waals surface area contributed by atoms with Gasteiger partial charge in [-0.3, -0.25) is 4.79 Å². The molecule has 1 fully saturated rings. The predicted octanol–water partition coefficient (Wildman–Crippen LogP) is 0.547. The molecule has 2 aromatic carbocycles. The molecule has 0 bridgehead atoms. The first-order chi connectivity index (χ1) is 14.0. The summed E-state index contributed by atoms with van der Waals surface area (Å²) < 4.78 is 26.5. The van der Waals surface area contributed by atoms with Gasteiger partial charge in [0.2, 0.25) is 10.0 Å². The molecule has 1 aliphatic rings. The average molecular weight is 415 g/mol. The summed E-state index contributed by atoms with van der Waals surface area (Å²) in [7, 11) is -3.44. The second kappa shape index (κ2) is 10.3. The van der Waals surface area contributed by atoms with E-state index in [2.05, 4.69) is 5.32 Å². The zero-order valence-electron chi connectivity index (χ0n) is 16.5. The Balaban J connectivity index is 1.40. The van der Waals surface area contributed by atoms with Gasteiger partial charge in [-0.2, -0.15) is 4.31 Å². The highest BCUT2D eigenvalue weighted by Gasteiger charge is 2.28. The molecule has 1 saturated heterocycles. The van der Waals surface area contributed by atoms with Crippen molar-refractivity contribution in [3.63, 3.8) is 0 Å². The number of amides is 1. The van der Waals surface area contributed by atoms with Gasteiger partial charge in [-0.15, -0.1) is 0 Å². The van der Waals surface area contributed by atoms with Gasteiger partial charge in [0.05, 0.1) is 26.2 Å². The number of nitrogens with zero attached hydrogens (tertiary/aromatic N) is 1. The average Bonchev–Trinajstić information content (AvgIpc) is 2.74. The highest BCUT2D eigenvalue weighted by atomic mass is 32.2. The second-order valence-corrected chi connectivity index (χ2v) is 8.99. The molecule has 0 radical (unpaired) electrons. The SMILES string of the molecule is O=C(C[NH+]1CCN(S(=O)(=O)/C=C/c2ccccc2)CC1)NCCc1ccccc1. The van der Waals surface area contributed by atoms with Gasteiger partial charge in [-0.05, 0) is 23.6 Å². The smallest absolute Gasteiger partial charge is 0.275 e. The highest BCUT2D eigenvalue weighted by molar-refractivity contribution is 7.92. The molecule has 1 amide bonds. The maximum absolute atomic E-state index is 12.5. The van der Waals surface area contributed by atoms with E-state index >= 15 is 0 Å². The van der Waals surface area contributed by atoms with Gasteiger partial charge in [0.1, 0.15) is 0 Å². The third kappa shape index (κ3) is 6.81. The molecule has 1 aliphatic heterocycles. The minimum atomic E-state index is -3.44. The van der Waals surface area contributed by atoms with Crippen LogP contribution in [0, 0.1) is 0 Å². The maximum Gasteiger partial charge on any atom is 0.275 e. The van der Waals surface area contributed by atoms with E-state index in [1.54, 1.807) is 6.08 Å². The minimum Gasteiger partial charge on any atom is -0.351 e. The summed E-state index contributed by atoms with van der Waals surface area (Å²) in [6.45, 7) is 3.10. The highest BCUT2D eigenvalue weighted by Crippen LogP contribution is 2.08. The Morgan fingerprint density at radius 1 is 1.00 bits per heavy atom. The molecule has 0 aromatic heterocycles.